The molecule has 0 saturated heterocycles. The van der Waals surface area contributed by atoms with Crippen LogP contribution in [0.3, 0.4) is 0 Å². The van der Waals surface area contributed by atoms with E-state index in [1.54, 1.807) is 23.7 Å². The average Bonchev–Trinajstić information content (AvgIpc) is 3.21. The quantitative estimate of drug-likeness (QED) is 0.358. The highest BCUT2D eigenvalue weighted by molar-refractivity contribution is 9.10. The Hall–Kier alpha value is -1.72. The maximum atomic E-state index is 9.92. The molecule has 154 valence electrons. The number of aromatic nitrogens is 3. The zero-order valence-electron chi connectivity index (χ0n) is 16.0. The lowest BCUT2D eigenvalue weighted by Crippen LogP contribution is -2.35. The molecule has 0 spiro atoms. The molecular formula is C19H22BrN5O2S2. The molecule has 0 aliphatic heterocycles. The third-order valence-electron chi connectivity index (χ3n) is 3.62. The maximum Gasteiger partial charge on any atom is 0.228 e. The summed E-state index contributed by atoms with van der Waals surface area (Å²) in [6, 6.07) is 7.78. The first-order valence-corrected chi connectivity index (χ1v) is 11.5. The Morgan fingerprint density at radius 2 is 2.03 bits per heavy atom. The fourth-order valence-electron chi connectivity index (χ4n) is 2.21. The normalized spacial score (nSPS) is 12.2. The van der Waals surface area contributed by atoms with E-state index in [-0.39, 0.29) is 6.61 Å². The summed E-state index contributed by atoms with van der Waals surface area (Å²) >= 11 is 6.53. The van der Waals surface area contributed by atoms with Crippen molar-refractivity contribution >= 4 is 50.7 Å². The van der Waals surface area contributed by atoms with Gasteiger partial charge in [-0.05, 0) is 52.0 Å². The zero-order chi connectivity index (χ0) is 20.6. The number of benzene rings is 1. The van der Waals surface area contributed by atoms with E-state index >= 15 is 0 Å². The summed E-state index contributed by atoms with van der Waals surface area (Å²) in [5, 5.41) is 19.0. The molecule has 3 N–H and O–H groups in total. The number of nitrogens with zero attached hydrogens (tertiary/aromatic N) is 3. The van der Waals surface area contributed by atoms with E-state index in [9.17, 15) is 5.11 Å². The van der Waals surface area contributed by atoms with Gasteiger partial charge in [-0.25, -0.2) is 15.0 Å². The minimum atomic E-state index is -0.555. The van der Waals surface area contributed by atoms with Gasteiger partial charge in [-0.1, -0.05) is 13.8 Å². The fraction of sp³-hybridized carbons (Fsp3) is 0.316. The van der Waals surface area contributed by atoms with Crippen LogP contribution in [-0.2, 0) is 0 Å². The average molecular weight is 496 g/mol. The first kappa shape index (κ1) is 22.0. The minimum Gasteiger partial charge on any atom is -0.491 e. The van der Waals surface area contributed by atoms with Crippen LogP contribution in [0.2, 0.25) is 0 Å². The number of anilines is 2. The number of rotatable bonds is 10. The van der Waals surface area contributed by atoms with E-state index in [4.69, 9.17) is 4.74 Å². The van der Waals surface area contributed by atoms with Gasteiger partial charge in [0.1, 0.15) is 23.5 Å². The molecule has 29 heavy (non-hydrogen) atoms. The van der Waals surface area contributed by atoms with Crippen LogP contribution in [0, 0.1) is 0 Å². The van der Waals surface area contributed by atoms with Crippen molar-refractivity contribution < 1.29 is 9.84 Å². The predicted octanol–water partition coefficient (Wildman–Crippen LogP) is 4.33. The van der Waals surface area contributed by atoms with Gasteiger partial charge < -0.3 is 20.5 Å². The molecule has 3 aromatic rings. The van der Waals surface area contributed by atoms with Crippen LogP contribution < -0.4 is 15.4 Å². The lowest BCUT2D eigenvalue weighted by molar-refractivity contribution is 0.104. The third-order valence-corrected chi connectivity index (χ3v) is 6.35. The van der Waals surface area contributed by atoms with E-state index in [1.807, 2.05) is 43.5 Å². The third kappa shape index (κ3) is 7.23. The summed E-state index contributed by atoms with van der Waals surface area (Å²) in [4.78, 5) is 13.1. The van der Waals surface area contributed by atoms with Crippen molar-refractivity contribution in [2.45, 2.75) is 35.4 Å². The Bertz CT molecular complexity index is 894. The van der Waals surface area contributed by atoms with E-state index in [2.05, 4.69) is 41.5 Å². The zero-order valence-corrected chi connectivity index (χ0v) is 19.2. The molecule has 0 fully saturated rings. The second kappa shape index (κ2) is 10.9. The monoisotopic (exact) mass is 495 g/mol. The number of hydrogen-bond acceptors (Lipinski definition) is 9. The second-order valence-electron chi connectivity index (χ2n) is 6.42. The van der Waals surface area contributed by atoms with Crippen molar-refractivity contribution in [1.82, 2.24) is 20.3 Å². The summed E-state index contributed by atoms with van der Waals surface area (Å²) in [5.74, 6) is 1.19. The Labute approximate surface area is 186 Å². The Kier molecular flexibility index (Phi) is 8.25. The van der Waals surface area contributed by atoms with Crippen molar-refractivity contribution in [3.05, 3.63) is 46.5 Å². The van der Waals surface area contributed by atoms with Crippen molar-refractivity contribution in [3.63, 3.8) is 0 Å². The summed E-state index contributed by atoms with van der Waals surface area (Å²) in [7, 11) is 0. The smallest absolute Gasteiger partial charge is 0.228 e. The van der Waals surface area contributed by atoms with E-state index in [1.165, 1.54) is 11.8 Å². The van der Waals surface area contributed by atoms with Gasteiger partial charge in [-0.3, -0.25) is 0 Å². The summed E-state index contributed by atoms with van der Waals surface area (Å²) < 4.78 is 7.37. The molecule has 2 aromatic heterocycles. The SMILES string of the molecule is CC(C)NCC(O)COc1ccc(Nc2ncc(Br)c(Sc3nccs3)n2)cc1. The highest BCUT2D eigenvalue weighted by Crippen LogP contribution is 2.33. The maximum absolute atomic E-state index is 9.92. The molecule has 1 unspecified atom stereocenters. The number of nitrogens with one attached hydrogen (secondary N) is 2. The number of aliphatic hydroxyl groups excluding tert-OH is 1. The van der Waals surface area contributed by atoms with Gasteiger partial charge in [0.25, 0.3) is 0 Å². The predicted molar refractivity (Wildman–Crippen MR) is 120 cm³/mol. The van der Waals surface area contributed by atoms with Crippen molar-refractivity contribution in [1.29, 1.82) is 0 Å². The molecule has 0 bridgehead atoms. The summed E-state index contributed by atoms with van der Waals surface area (Å²) in [6.07, 6.45) is 2.93. The Balaban J connectivity index is 1.55. The topological polar surface area (TPSA) is 92.2 Å². The van der Waals surface area contributed by atoms with Crippen molar-refractivity contribution in [3.8, 4) is 5.75 Å². The van der Waals surface area contributed by atoms with Crippen LogP contribution in [0.5, 0.6) is 5.75 Å². The number of halogens is 1. The minimum absolute atomic E-state index is 0.236. The second-order valence-corrected chi connectivity index (χ2v) is 9.41. The molecule has 1 aromatic carbocycles. The van der Waals surface area contributed by atoms with Crippen LogP contribution in [0.15, 0.2) is 55.9 Å². The van der Waals surface area contributed by atoms with Crippen LogP contribution in [0.1, 0.15) is 13.8 Å². The molecule has 7 nitrogen and oxygen atoms in total. The molecule has 0 aliphatic carbocycles. The van der Waals surface area contributed by atoms with Gasteiger partial charge >= 0.3 is 0 Å². The Morgan fingerprint density at radius 1 is 1.24 bits per heavy atom. The number of ether oxygens (including phenoxy) is 1. The van der Waals surface area contributed by atoms with Crippen molar-refractivity contribution in [2.24, 2.45) is 0 Å². The highest BCUT2D eigenvalue weighted by atomic mass is 79.9. The lowest BCUT2D eigenvalue weighted by Gasteiger charge is -2.15. The molecule has 0 saturated carbocycles. The molecule has 2 heterocycles. The van der Waals surface area contributed by atoms with Crippen LogP contribution in [-0.4, -0.2) is 45.4 Å². The van der Waals surface area contributed by atoms with Crippen LogP contribution in [0.4, 0.5) is 11.6 Å². The largest absolute Gasteiger partial charge is 0.491 e. The van der Waals surface area contributed by atoms with Gasteiger partial charge in [0.2, 0.25) is 5.95 Å². The summed E-state index contributed by atoms with van der Waals surface area (Å²) in [6.45, 7) is 4.81. The highest BCUT2D eigenvalue weighted by Gasteiger charge is 2.10. The molecule has 0 aliphatic rings. The van der Waals surface area contributed by atoms with Gasteiger partial charge in [0.05, 0.1) is 4.47 Å². The fourth-order valence-corrected chi connectivity index (χ4v) is 4.16. The first-order chi connectivity index (χ1) is 14.0. The molecule has 1 atom stereocenters. The van der Waals surface area contributed by atoms with Crippen LogP contribution >= 0.6 is 39.0 Å². The number of thiazole rings is 1. The Morgan fingerprint density at radius 3 is 2.72 bits per heavy atom. The van der Waals surface area contributed by atoms with Gasteiger partial charge in [0, 0.05) is 36.0 Å². The summed E-state index contributed by atoms with van der Waals surface area (Å²) in [5.41, 5.74) is 0.840. The lowest BCUT2D eigenvalue weighted by atomic mass is 10.3. The van der Waals surface area contributed by atoms with Gasteiger partial charge in [0.15, 0.2) is 4.34 Å². The van der Waals surface area contributed by atoms with Crippen molar-refractivity contribution in [2.75, 3.05) is 18.5 Å². The molecule has 3 rings (SSSR count). The van der Waals surface area contributed by atoms with Crippen LogP contribution in [0.25, 0.3) is 0 Å². The number of aliphatic hydroxyl groups is 1. The first-order valence-electron chi connectivity index (χ1n) is 9.01. The van der Waals surface area contributed by atoms with E-state index in [0.29, 0.717) is 24.3 Å². The molecular weight excluding hydrogens is 474 g/mol. The van der Waals surface area contributed by atoms with Gasteiger partial charge in [-0.15, -0.1) is 11.3 Å². The standard InChI is InChI=1S/C19H22BrN5O2S2/c1-12(2)22-9-14(26)11-27-15-5-3-13(4-6-15)24-18-23-10-16(20)17(25-18)29-19-21-7-8-28-19/h3-8,10,12,14,22,26H,9,11H2,1-2H3,(H,23,24,25). The molecule has 0 amide bonds. The molecule has 10 heteroatoms. The molecule has 0 radical (unpaired) electrons. The van der Waals surface area contributed by atoms with E-state index in [0.717, 1.165) is 19.5 Å². The number of hydrogen-bond donors (Lipinski definition) is 3. The van der Waals surface area contributed by atoms with E-state index < -0.39 is 6.10 Å². The van der Waals surface area contributed by atoms with Gasteiger partial charge in [-0.2, -0.15) is 0 Å².